The Hall–Kier alpha value is -0.910. The van der Waals surface area contributed by atoms with Crippen molar-refractivity contribution in [3.8, 4) is 0 Å². The Labute approximate surface area is 134 Å². The van der Waals surface area contributed by atoms with Gasteiger partial charge in [-0.1, -0.05) is 50.1 Å². The van der Waals surface area contributed by atoms with E-state index >= 15 is 0 Å². The molecular weight excluding hydrogens is 388 g/mol. The molecule has 5 heteroatoms. The molecule has 0 radical (unpaired) electrons. The predicted molar refractivity (Wildman–Crippen MR) is 92.2 cm³/mol. The molecule has 0 saturated heterocycles. The van der Waals surface area contributed by atoms with E-state index in [1.807, 2.05) is 43.3 Å². The Morgan fingerprint density at radius 3 is 2.53 bits per heavy atom. The number of nitrogens with one attached hydrogen (secondary N) is 1. The van der Waals surface area contributed by atoms with E-state index in [0.717, 1.165) is 25.9 Å². The molecule has 0 saturated carbocycles. The lowest BCUT2D eigenvalue weighted by molar-refractivity contribution is 1.41. The molecule has 0 heterocycles. The normalized spacial score (nSPS) is 10.3. The van der Waals surface area contributed by atoms with E-state index in [0.29, 0.717) is 4.99 Å². The van der Waals surface area contributed by atoms with Crippen molar-refractivity contribution in [2.75, 3.05) is 5.32 Å². The molecule has 0 fully saturated rings. The van der Waals surface area contributed by atoms with Crippen molar-refractivity contribution in [1.82, 2.24) is 0 Å². The quantitative estimate of drug-likeness (QED) is 0.721. The molecular formula is C14H12Br2N2S. The van der Waals surface area contributed by atoms with Crippen molar-refractivity contribution < 1.29 is 0 Å². The van der Waals surface area contributed by atoms with E-state index in [1.54, 1.807) is 0 Å². The minimum absolute atomic E-state index is 0.376. The van der Waals surface area contributed by atoms with E-state index in [4.69, 9.17) is 18.0 Å². The summed E-state index contributed by atoms with van der Waals surface area (Å²) >= 11 is 12.0. The average Bonchev–Trinajstić information content (AvgIpc) is 2.33. The molecule has 2 aromatic rings. The van der Waals surface area contributed by atoms with Gasteiger partial charge in [0.05, 0.1) is 0 Å². The third-order valence-corrected chi connectivity index (χ3v) is 4.27. The summed E-state index contributed by atoms with van der Waals surface area (Å²) in [5.41, 5.74) is 9.62. The molecule has 3 N–H and O–H groups in total. The van der Waals surface area contributed by atoms with E-state index in [2.05, 4.69) is 37.2 Å². The van der Waals surface area contributed by atoms with Crippen LogP contribution < -0.4 is 11.1 Å². The smallest absolute Gasteiger partial charge is 0.106 e. The van der Waals surface area contributed by atoms with Crippen molar-refractivity contribution in [3.05, 3.63) is 56.5 Å². The van der Waals surface area contributed by atoms with Gasteiger partial charge in [-0.3, -0.25) is 0 Å². The zero-order valence-electron chi connectivity index (χ0n) is 10.2. The molecule has 0 amide bonds. The zero-order chi connectivity index (χ0) is 14.0. The maximum Gasteiger partial charge on any atom is 0.106 e. The lowest BCUT2D eigenvalue weighted by atomic mass is 10.1. The van der Waals surface area contributed by atoms with Crippen LogP contribution in [0.4, 0.5) is 11.4 Å². The Bertz CT molecular complexity index is 641. The van der Waals surface area contributed by atoms with Crippen LogP contribution in [0.25, 0.3) is 0 Å². The minimum Gasteiger partial charge on any atom is -0.389 e. The average molecular weight is 400 g/mol. The molecule has 19 heavy (non-hydrogen) atoms. The highest BCUT2D eigenvalue weighted by Gasteiger charge is 2.07. The molecule has 0 aliphatic heterocycles. The largest absolute Gasteiger partial charge is 0.389 e. The number of rotatable bonds is 3. The Morgan fingerprint density at radius 2 is 1.89 bits per heavy atom. The summed E-state index contributed by atoms with van der Waals surface area (Å²) in [7, 11) is 0. The van der Waals surface area contributed by atoms with Gasteiger partial charge >= 0.3 is 0 Å². The number of hydrogen-bond donors (Lipinski definition) is 2. The summed E-state index contributed by atoms with van der Waals surface area (Å²) in [6.45, 7) is 2.05. The third kappa shape index (κ3) is 3.55. The van der Waals surface area contributed by atoms with Gasteiger partial charge in [0.1, 0.15) is 4.99 Å². The molecule has 0 aliphatic rings. The highest BCUT2D eigenvalue weighted by Crippen LogP contribution is 2.27. The van der Waals surface area contributed by atoms with Crippen LogP contribution in [0.15, 0.2) is 45.3 Å². The molecule has 0 aliphatic carbocycles. The standard InChI is InChI=1S/C14H12Br2N2S/c1-8-2-4-10(7-12(8)16)18-13-6-9(15)3-5-11(13)14(17)19/h2-7,18H,1H3,(H2,17,19). The van der Waals surface area contributed by atoms with Gasteiger partial charge in [0, 0.05) is 25.9 Å². The molecule has 0 atom stereocenters. The molecule has 2 rings (SSSR count). The zero-order valence-corrected chi connectivity index (χ0v) is 14.2. The first-order valence-electron chi connectivity index (χ1n) is 5.60. The van der Waals surface area contributed by atoms with Crippen molar-refractivity contribution in [3.63, 3.8) is 0 Å². The van der Waals surface area contributed by atoms with Gasteiger partial charge < -0.3 is 11.1 Å². The molecule has 0 aromatic heterocycles. The minimum atomic E-state index is 0.376. The molecule has 0 bridgehead atoms. The lowest BCUT2D eigenvalue weighted by Crippen LogP contribution is -2.11. The summed E-state index contributed by atoms with van der Waals surface area (Å²) < 4.78 is 2.03. The van der Waals surface area contributed by atoms with E-state index in [1.165, 1.54) is 5.56 Å². The van der Waals surface area contributed by atoms with Gasteiger partial charge in [0.2, 0.25) is 0 Å². The Balaban J connectivity index is 2.39. The molecule has 2 aromatic carbocycles. The number of nitrogens with two attached hydrogens (primary N) is 1. The predicted octanol–water partition coefficient (Wildman–Crippen LogP) is 4.90. The fourth-order valence-electron chi connectivity index (χ4n) is 1.66. The summed E-state index contributed by atoms with van der Waals surface area (Å²) in [6.07, 6.45) is 0. The highest BCUT2D eigenvalue weighted by molar-refractivity contribution is 9.10. The number of benzene rings is 2. The highest BCUT2D eigenvalue weighted by atomic mass is 79.9. The van der Waals surface area contributed by atoms with Gasteiger partial charge in [-0.25, -0.2) is 0 Å². The maximum atomic E-state index is 5.74. The summed E-state index contributed by atoms with van der Waals surface area (Å²) in [5.74, 6) is 0. The molecule has 0 spiro atoms. The molecule has 98 valence electrons. The first kappa shape index (κ1) is 14.5. The van der Waals surface area contributed by atoms with Crippen LogP contribution in [0.5, 0.6) is 0 Å². The summed E-state index contributed by atoms with van der Waals surface area (Å²) in [5, 5.41) is 3.34. The van der Waals surface area contributed by atoms with Crippen LogP contribution in [-0.2, 0) is 0 Å². The fourth-order valence-corrected chi connectivity index (χ4v) is 2.58. The van der Waals surface area contributed by atoms with Crippen LogP contribution in [0.2, 0.25) is 0 Å². The monoisotopic (exact) mass is 398 g/mol. The van der Waals surface area contributed by atoms with Gasteiger partial charge in [0.25, 0.3) is 0 Å². The second-order valence-corrected chi connectivity index (χ2v) is 6.35. The van der Waals surface area contributed by atoms with E-state index in [-0.39, 0.29) is 0 Å². The lowest BCUT2D eigenvalue weighted by Gasteiger charge is -2.12. The first-order chi connectivity index (χ1) is 8.97. The van der Waals surface area contributed by atoms with Crippen LogP contribution in [-0.4, -0.2) is 4.99 Å². The summed E-state index contributed by atoms with van der Waals surface area (Å²) in [6, 6.07) is 11.9. The summed E-state index contributed by atoms with van der Waals surface area (Å²) in [4.78, 5) is 0.376. The van der Waals surface area contributed by atoms with E-state index in [9.17, 15) is 0 Å². The van der Waals surface area contributed by atoms with Crippen molar-refractivity contribution in [2.45, 2.75) is 6.92 Å². The van der Waals surface area contributed by atoms with Crippen LogP contribution in [0.1, 0.15) is 11.1 Å². The number of anilines is 2. The number of thiocarbonyl (C=S) groups is 1. The fraction of sp³-hybridized carbons (Fsp3) is 0.0714. The van der Waals surface area contributed by atoms with Gasteiger partial charge in [-0.2, -0.15) is 0 Å². The van der Waals surface area contributed by atoms with Crippen LogP contribution >= 0.6 is 44.1 Å². The van der Waals surface area contributed by atoms with Crippen molar-refractivity contribution in [2.24, 2.45) is 5.73 Å². The molecule has 2 nitrogen and oxygen atoms in total. The van der Waals surface area contributed by atoms with Crippen molar-refractivity contribution >= 4 is 60.4 Å². The number of aryl methyl sites for hydroxylation is 1. The Kier molecular flexibility index (Phi) is 4.60. The Morgan fingerprint density at radius 1 is 1.16 bits per heavy atom. The van der Waals surface area contributed by atoms with Crippen LogP contribution in [0, 0.1) is 6.92 Å². The maximum absolute atomic E-state index is 5.74. The number of halogens is 2. The number of hydrogen-bond acceptors (Lipinski definition) is 2. The van der Waals surface area contributed by atoms with Crippen LogP contribution in [0.3, 0.4) is 0 Å². The molecule has 0 unspecified atom stereocenters. The second kappa shape index (κ2) is 6.03. The van der Waals surface area contributed by atoms with E-state index < -0.39 is 0 Å². The van der Waals surface area contributed by atoms with Gasteiger partial charge in [-0.15, -0.1) is 0 Å². The topological polar surface area (TPSA) is 38.0 Å². The van der Waals surface area contributed by atoms with Gasteiger partial charge in [0.15, 0.2) is 0 Å². The van der Waals surface area contributed by atoms with Gasteiger partial charge in [-0.05, 0) is 42.8 Å². The SMILES string of the molecule is Cc1ccc(Nc2cc(Br)ccc2C(N)=S)cc1Br. The van der Waals surface area contributed by atoms with Crippen molar-refractivity contribution in [1.29, 1.82) is 0 Å². The first-order valence-corrected chi connectivity index (χ1v) is 7.59. The third-order valence-electron chi connectivity index (χ3n) is 2.70. The second-order valence-electron chi connectivity index (χ2n) is 4.14.